The zero-order chi connectivity index (χ0) is 17.6. The van der Waals surface area contributed by atoms with E-state index in [1.165, 1.54) is 35.5 Å². The maximum absolute atomic E-state index is 11.8. The van der Waals surface area contributed by atoms with Crippen LogP contribution in [0.1, 0.15) is 17.5 Å². The summed E-state index contributed by atoms with van der Waals surface area (Å²) in [5.74, 6) is -0.334. The lowest BCUT2D eigenvalue weighted by atomic mass is 10.1. The summed E-state index contributed by atoms with van der Waals surface area (Å²) < 4.78 is 4.99. The van der Waals surface area contributed by atoms with Crippen molar-refractivity contribution in [1.29, 1.82) is 0 Å². The summed E-state index contributed by atoms with van der Waals surface area (Å²) in [6.07, 6.45) is 4.87. The fourth-order valence-corrected chi connectivity index (χ4v) is 3.47. The molecule has 0 saturated heterocycles. The predicted octanol–water partition coefficient (Wildman–Crippen LogP) is 3.50. The third kappa shape index (κ3) is 5.21. The van der Waals surface area contributed by atoms with Crippen LogP contribution in [0, 0.1) is 0 Å². The highest BCUT2D eigenvalue weighted by Gasteiger charge is 2.13. The van der Waals surface area contributed by atoms with Crippen LogP contribution in [0.2, 0.25) is 5.02 Å². The number of amides is 1. The summed E-state index contributed by atoms with van der Waals surface area (Å²) in [6.45, 7) is -0.339. The molecule has 0 spiro atoms. The normalized spacial score (nSPS) is 12.5. The van der Waals surface area contributed by atoms with E-state index in [9.17, 15) is 9.59 Å². The molecule has 2 aromatic rings. The Labute approximate surface area is 155 Å². The van der Waals surface area contributed by atoms with E-state index < -0.39 is 11.9 Å². The fraction of sp³-hybridized carbons (Fsp3) is 0.278. The second kappa shape index (κ2) is 8.36. The van der Waals surface area contributed by atoms with Crippen LogP contribution >= 0.6 is 23.4 Å². The van der Waals surface area contributed by atoms with Crippen molar-refractivity contribution in [3.63, 3.8) is 0 Å². The van der Waals surface area contributed by atoms with Crippen LogP contribution in [-0.2, 0) is 27.2 Å². The molecule has 0 bridgehead atoms. The Hall–Kier alpha value is -2.05. The molecule has 0 atom stereocenters. The van der Waals surface area contributed by atoms with Gasteiger partial charge in [-0.25, -0.2) is 4.98 Å². The van der Waals surface area contributed by atoms with Crippen LogP contribution in [0.4, 0.5) is 5.82 Å². The Morgan fingerprint density at radius 3 is 2.84 bits per heavy atom. The molecular formula is C18H17ClN2O3S. The van der Waals surface area contributed by atoms with E-state index in [0.717, 1.165) is 17.7 Å². The smallest absolute Gasteiger partial charge is 0.316 e. The maximum atomic E-state index is 11.8. The van der Waals surface area contributed by atoms with Gasteiger partial charge >= 0.3 is 5.97 Å². The number of halogens is 1. The number of hydrogen-bond donors (Lipinski definition) is 1. The van der Waals surface area contributed by atoms with Crippen LogP contribution in [0.25, 0.3) is 0 Å². The molecule has 5 nitrogen and oxygen atoms in total. The zero-order valence-corrected chi connectivity index (χ0v) is 15.0. The number of esters is 1. The standard InChI is InChI=1S/C18H17ClN2O3S/c19-14-5-7-16(20-9-14)21-17(22)10-24-18(23)11-25-15-6-4-12-2-1-3-13(12)8-15/h4-9H,1-3,10-11H2,(H,20,21,22). The van der Waals surface area contributed by atoms with Crippen molar-refractivity contribution in [3.8, 4) is 0 Å². The Bertz CT molecular complexity index is 780. The monoisotopic (exact) mass is 376 g/mol. The van der Waals surface area contributed by atoms with Crippen LogP contribution < -0.4 is 5.32 Å². The number of ether oxygens (including phenoxy) is 1. The lowest BCUT2D eigenvalue weighted by Gasteiger charge is -2.07. The number of nitrogens with one attached hydrogen (secondary N) is 1. The topological polar surface area (TPSA) is 68.3 Å². The van der Waals surface area contributed by atoms with Crippen LogP contribution in [0.15, 0.2) is 41.4 Å². The Morgan fingerprint density at radius 2 is 2.04 bits per heavy atom. The van der Waals surface area contributed by atoms with Gasteiger partial charge in [-0.15, -0.1) is 11.8 Å². The van der Waals surface area contributed by atoms with Gasteiger partial charge in [-0.1, -0.05) is 17.7 Å². The van der Waals surface area contributed by atoms with Gasteiger partial charge in [-0.3, -0.25) is 9.59 Å². The average molecular weight is 377 g/mol. The van der Waals surface area contributed by atoms with Gasteiger partial charge in [-0.2, -0.15) is 0 Å². The number of benzene rings is 1. The molecule has 1 amide bonds. The molecule has 0 radical (unpaired) electrons. The lowest BCUT2D eigenvalue weighted by Crippen LogP contribution is -2.22. The first-order valence-electron chi connectivity index (χ1n) is 7.92. The third-order valence-electron chi connectivity index (χ3n) is 3.79. The highest BCUT2D eigenvalue weighted by atomic mass is 35.5. The molecule has 1 aliphatic rings. The Balaban J connectivity index is 1.40. The summed E-state index contributed by atoms with van der Waals surface area (Å²) >= 11 is 7.14. The molecule has 25 heavy (non-hydrogen) atoms. The minimum atomic E-state index is -0.439. The molecule has 1 aromatic heterocycles. The number of hydrogen-bond acceptors (Lipinski definition) is 5. The Morgan fingerprint density at radius 1 is 1.20 bits per heavy atom. The van der Waals surface area contributed by atoms with E-state index in [1.807, 2.05) is 6.07 Å². The van der Waals surface area contributed by atoms with Gasteiger partial charge in [0, 0.05) is 11.1 Å². The van der Waals surface area contributed by atoms with Crippen LogP contribution in [0.5, 0.6) is 0 Å². The second-order valence-corrected chi connectivity index (χ2v) is 7.13. The summed E-state index contributed by atoms with van der Waals surface area (Å²) in [7, 11) is 0. The molecule has 1 N–H and O–H groups in total. The zero-order valence-electron chi connectivity index (χ0n) is 13.5. The van der Waals surface area contributed by atoms with Crippen molar-refractivity contribution in [2.24, 2.45) is 0 Å². The number of rotatable bonds is 6. The van der Waals surface area contributed by atoms with Crippen LogP contribution in [-0.4, -0.2) is 29.2 Å². The molecule has 0 unspecified atom stereocenters. The highest BCUT2D eigenvalue weighted by molar-refractivity contribution is 8.00. The van der Waals surface area contributed by atoms with E-state index in [-0.39, 0.29) is 12.4 Å². The van der Waals surface area contributed by atoms with E-state index in [2.05, 4.69) is 22.4 Å². The van der Waals surface area contributed by atoms with E-state index in [1.54, 1.807) is 12.1 Å². The maximum Gasteiger partial charge on any atom is 0.316 e. The molecule has 7 heteroatoms. The third-order valence-corrected chi connectivity index (χ3v) is 4.98. The molecule has 0 aliphatic heterocycles. The van der Waals surface area contributed by atoms with E-state index >= 15 is 0 Å². The largest absolute Gasteiger partial charge is 0.455 e. The molecule has 0 fully saturated rings. The number of carbonyl (C=O) groups excluding carboxylic acids is 2. The van der Waals surface area contributed by atoms with Crippen molar-refractivity contribution in [2.45, 2.75) is 24.2 Å². The summed E-state index contributed by atoms with van der Waals surface area (Å²) in [6, 6.07) is 9.48. The van der Waals surface area contributed by atoms with Crippen molar-refractivity contribution in [2.75, 3.05) is 17.7 Å². The minimum absolute atomic E-state index is 0.172. The molecule has 1 aromatic carbocycles. The lowest BCUT2D eigenvalue weighted by molar-refractivity contribution is -0.144. The summed E-state index contributed by atoms with van der Waals surface area (Å²) in [4.78, 5) is 28.5. The number of fused-ring (bicyclic) bond motifs is 1. The van der Waals surface area contributed by atoms with Gasteiger partial charge in [0.2, 0.25) is 0 Å². The van der Waals surface area contributed by atoms with Crippen molar-refractivity contribution >= 4 is 41.1 Å². The van der Waals surface area contributed by atoms with Crippen molar-refractivity contribution in [3.05, 3.63) is 52.7 Å². The SMILES string of the molecule is O=C(COC(=O)CSc1ccc2c(c1)CCC2)Nc1ccc(Cl)cn1. The molecule has 1 aliphatic carbocycles. The van der Waals surface area contributed by atoms with Gasteiger partial charge < -0.3 is 10.1 Å². The number of carbonyl (C=O) groups is 2. The van der Waals surface area contributed by atoms with Crippen molar-refractivity contribution in [1.82, 2.24) is 4.98 Å². The average Bonchev–Trinajstić information content (AvgIpc) is 3.08. The van der Waals surface area contributed by atoms with Crippen molar-refractivity contribution < 1.29 is 14.3 Å². The number of aromatic nitrogens is 1. The first kappa shape index (κ1) is 17.8. The Kier molecular flexibility index (Phi) is 5.94. The number of nitrogens with zero attached hydrogens (tertiary/aromatic N) is 1. The number of aryl methyl sites for hydroxylation is 2. The number of pyridine rings is 1. The first-order valence-corrected chi connectivity index (χ1v) is 9.28. The molecular weight excluding hydrogens is 360 g/mol. The second-order valence-electron chi connectivity index (χ2n) is 5.64. The first-order chi connectivity index (χ1) is 12.1. The van der Waals surface area contributed by atoms with Crippen LogP contribution in [0.3, 0.4) is 0 Å². The molecule has 3 rings (SSSR count). The van der Waals surface area contributed by atoms with Gasteiger partial charge in [0.25, 0.3) is 5.91 Å². The van der Waals surface area contributed by atoms with Gasteiger partial charge in [0.05, 0.1) is 10.8 Å². The number of anilines is 1. The molecule has 130 valence electrons. The van der Waals surface area contributed by atoms with E-state index in [0.29, 0.717) is 10.8 Å². The fourth-order valence-electron chi connectivity index (χ4n) is 2.60. The number of thioether (sulfide) groups is 1. The quantitative estimate of drug-likeness (QED) is 0.617. The van der Waals surface area contributed by atoms with E-state index in [4.69, 9.17) is 16.3 Å². The van der Waals surface area contributed by atoms with Gasteiger partial charge in [0.1, 0.15) is 5.82 Å². The summed E-state index contributed by atoms with van der Waals surface area (Å²) in [5.41, 5.74) is 2.77. The van der Waals surface area contributed by atoms with Gasteiger partial charge in [0.15, 0.2) is 6.61 Å². The van der Waals surface area contributed by atoms with Gasteiger partial charge in [-0.05, 0) is 54.7 Å². The minimum Gasteiger partial charge on any atom is -0.455 e. The summed E-state index contributed by atoms with van der Waals surface area (Å²) in [5, 5.41) is 3.01. The molecule has 0 saturated carbocycles. The predicted molar refractivity (Wildman–Crippen MR) is 98.0 cm³/mol. The highest BCUT2D eigenvalue weighted by Crippen LogP contribution is 2.27. The molecule has 1 heterocycles.